The minimum Gasteiger partial charge on any atom is -0.299 e. The van der Waals surface area contributed by atoms with Gasteiger partial charge in [-0.05, 0) is 79.1 Å². The third-order valence-corrected chi connectivity index (χ3v) is 9.68. The summed E-state index contributed by atoms with van der Waals surface area (Å²) in [6.07, 6.45) is 12.8. The molecule has 132 valence electrons. The lowest BCUT2D eigenvalue weighted by Crippen LogP contribution is -2.52. The third kappa shape index (κ3) is 1.48. The number of carbonyl (C=O) groups is 2. The van der Waals surface area contributed by atoms with Crippen LogP contribution in [0.4, 0.5) is 0 Å². The molecule has 0 radical (unpaired) electrons. The van der Waals surface area contributed by atoms with E-state index in [1.165, 1.54) is 18.4 Å². The summed E-state index contributed by atoms with van der Waals surface area (Å²) in [6, 6.07) is 0. The Morgan fingerprint density at radius 3 is 2.72 bits per heavy atom. The van der Waals surface area contributed by atoms with Crippen molar-refractivity contribution < 1.29 is 9.59 Å². The highest BCUT2D eigenvalue weighted by Crippen LogP contribution is 2.76. The van der Waals surface area contributed by atoms with Crippen LogP contribution < -0.4 is 0 Å². The molecular formula is C23H28O2. The van der Waals surface area contributed by atoms with Gasteiger partial charge in [-0.3, -0.25) is 9.59 Å². The van der Waals surface area contributed by atoms with Gasteiger partial charge in [-0.25, -0.2) is 0 Å². The first-order valence-electron chi connectivity index (χ1n) is 10.4. The Labute approximate surface area is 150 Å². The predicted octanol–water partition coefficient (Wildman–Crippen LogP) is 4.64. The Morgan fingerprint density at radius 1 is 1.04 bits per heavy atom. The van der Waals surface area contributed by atoms with E-state index in [4.69, 9.17) is 0 Å². The summed E-state index contributed by atoms with van der Waals surface area (Å²) in [6.45, 7) is 4.84. The first-order valence-corrected chi connectivity index (χ1v) is 10.4. The standard InChI is InChI=1S/C23H28O2/c1-21-7-4-17-20-15-12-14(15)18-11-13(24)3-9-22(18,2)16(20)5-10-23(17,21)19(25)6-8-21/h4,11,14-16,20H,3,5-10,12H2,1-2H3. The number of fused-ring (bicyclic) bond motifs is 7. The van der Waals surface area contributed by atoms with Crippen molar-refractivity contribution in [1.29, 1.82) is 0 Å². The van der Waals surface area contributed by atoms with Crippen LogP contribution in [0.25, 0.3) is 0 Å². The monoisotopic (exact) mass is 336 g/mol. The van der Waals surface area contributed by atoms with E-state index in [9.17, 15) is 9.59 Å². The van der Waals surface area contributed by atoms with Crippen LogP contribution in [0.3, 0.4) is 0 Å². The van der Waals surface area contributed by atoms with E-state index in [0.717, 1.165) is 44.4 Å². The molecule has 0 N–H and O–H groups in total. The van der Waals surface area contributed by atoms with Gasteiger partial charge in [0.05, 0.1) is 5.41 Å². The predicted molar refractivity (Wildman–Crippen MR) is 95.7 cm³/mol. The van der Waals surface area contributed by atoms with Crippen LogP contribution in [-0.2, 0) is 9.59 Å². The van der Waals surface area contributed by atoms with Gasteiger partial charge < -0.3 is 0 Å². The molecule has 4 saturated carbocycles. The van der Waals surface area contributed by atoms with Crippen LogP contribution in [0.2, 0.25) is 0 Å². The fourth-order valence-corrected chi connectivity index (χ4v) is 8.30. The number of rotatable bonds is 0. The second-order valence-electron chi connectivity index (χ2n) is 10.4. The number of allylic oxidation sites excluding steroid dienone is 4. The lowest BCUT2D eigenvalue weighted by atomic mass is 9.46. The molecule has 6 rings (SSSR count). The Balaban J connectivity index is 1.49. The van der Waals surface area contributed by atoms with Crippen molar-refractivity contribution in [1.82, 2.24) is 0 Å². The van der Waals surface area contributed by atoms with E-state index in [2.05, 4.69) is 19.9 Å². The zero-order valence-corrected chi connectivity index (χ0v) is 15.4. The van der Waals surface area contributed by atoms with E-state index in [1.54, 1.807) is 5.57 Å². The smallest absolute Gasteiger partial charge is 0.155 e. The minimum absolute atomic E-state index is 0.108. The molecule has 0 aromatic carbocycles. The molecule has 2 heteroatoms. The molecule has 0 aromatic rings. The molecule has 0 aliphatic heterocycles. The molecule has 0 saturated heterocycles. The van der Waals surface area contributed by atoms with E-state index in [-0.39, 0.29) is 16.2 Å². The Kier molecular flexibility index (Phi) is 2.51. The molecule has 6 aliphatic rings. The van der Waals surface area contributed by atoms with E-state index in [1.807, 2.05) is 6.08 Å². The molecule has 6 aliphatic carbocycles. The maximum absolute atomic E-state index is 13.1. The van der Waals surface area contributed by atoms with Crippen LogP contribution in [0, 0.1) is 39.9 Å². The molecule has 1 spiro atoms. The molecule has 0 heterocycles. The first-order chi connectivity index (χ1) is 11.9. The highest BCUT2D eigenvalue weighted by molar-refractivity contribution is 5.93. The van der Waals surface area contributed by atoms with Gasteiger partial charge in [0.15, 0.2) is 5.78 Å². The third-order valence-electron chi connectivity index (χ3n) is 9.68. The molecule has 25 heavy (non-hydrogen) atoms. The zero-order chi connectivity index (χ0) is 17.2. The number of hydrogen-bond acceptors (Lipinski definition) is 2. The van der Waals surface area contributed by atoms with Crippen LogP contribution in [0.1, 0.15) is 65.2 Å². The fraction of sp³-hybridized carbons (Fsp3) is 0.739. The van der Waals surface area contributed by atoms with Gasteiger partial charge in [0, 0.05) is 12.8 Å². The molecule has 7 unspecified atom stereocenters. The van der Waals surface area contributed by atoms with Crippen molar-refractivity contribution in [3.63, 3.8) is 0 Å². The average Bonchev–Trinajstić information content (AvgIpc) is 3.27. The van der Waals surface area contributed by atoms with Crippen LogP contribution in [0.15, 0.2) is 23.3 Å². The van der Waals surface area contributed by atoms with Gasteiger partial charge in [-0.1, -0.05) is 31.1 Å². The molecule has 4 fully saturated rings. The second kappa shape index (κ2) is 4.21. The van der Waals surface area contributed by atoms with Gasteiger partial charge in [0.1, 0.15) is 5.78 Å². The summed E-state index contributed by atoms with van der Waals surface area (Å²) in [7, 11) is 0. The fourth-order valence-electron chi connectivity index (χ4n) is 8.30. The van der Waals surface area contributed by atoms with Gasteiger partial charge >= 0.3 is 0 Å². The number of Topliss-reactive ketones (excluding diaryl/α,β-unsaturated/α-hetero) is 1. The van der Waals surface area contributed by atoms with Gasteiger partial charge in [0.25, 0.3) is 0 Å². The molecule has 2 nitrogen and oxygen atoms in total. The largest absolute Gasteiger partial charge is 0.299 e. The molecule has 0 bridgehead atoms. The molecule has 0 amide bonds. The first kappa shape index (κ1) is 14.9. The zero-order valence-electron chi connectivity index (χ0n) is 15.4. The molecule has 7 atom stereocenters. The normalized spacial score (nSPS) is 55.4. The van der Waals surface area contributed by atoms with Crippen molar-refractivity contribution in [2.45, 2.75) is 65.2 Å². The Morgan fingerprint density at radius 2 is 1.88 bits per heavy atom. The highest BCUT2D eigenvalue weighted by atomic mass is 16.1. The van der Waals surface area contributed by atoms with Gasteiger partial charge in [-0.2, -0.15) is 0 Å². The maximum Gasteiger partial charge on any atom is 0.155 e. The summed E-state index contributed by atoms with van der Waals surface area (Å²) in [5.41, 5.74) is 3.36. The highest BCUT2D eigenvalue weighted by Gasteiger charge is 2.71. The van der Waals surface area contributed by atoms with Gasteiger partial charge in [0.2, 0.25) is 0 Å². The quantitative estimate of drug-likeness (QED) is 0.604. The van der Waals surface area contributed by atoms with Crippen molar-refractivity contribution in [3.8, 4) is 0 Å². The molecule has 0 aromatic heterocycles. The number of ketones is 2. The maximum atomic E-state index is 13.1. The number of carbonyl (C=O) groups excluding carboxylic acids is 2. The average molecular weight is 336 g/mol. The van der Waals surface area contributed by atoms with Crippen LogP contribution >= 0.6 is 0 Å². The van der Waals surface area contributed by atoms with Crippen molar-refractivity contribution in [2.75, 3.05) is 0 Å². The summed E-state index contributed by atoms with van der Waals surface area (Å²) >= 11 is 0. The van der Waals surface area contributed by atoms with Crippen molar-refractivity contribution in [2.24, 2.45) is 39.9 Å². The van der Waals surface area contributed by atoms with Crippen molar-refractivity contribution in [3.05, 3.63) is 23.3 Å². The minimum atomic E-state index is -0.108. The topological polar surface area (TPSA) is 34.1 Å². The van der Waals surface area contributed by atoms with Crippen LogP contribution in [0.5, 0.6) is 0 Å². The SMILES string of the molecule is CC12CCC(=O)C=C1C1CC1C1C3=CCC4(C)CCC(=O)C34CCC12. The van der Waals surface area contributed by atoms with E-state index < -0.39 is 0 Å². The van der Waals surface area contributed by atoms with E-state index >= 15 is 0 Å². The summed E-state index contributed by atoms with van der Waals surface area (Å²) in [5, 5.41) is 0. The Hall–Kier alpha value is -1.18. The van der Waals surface area contributed by atoms with Gasteiger partial charge in [-0.15, -0.1) is 0 Å². The van der Waals surface area contributed by atoms with E-state index in [0.29, 0.717) is 29.3 Å². The molecular weight excluding hydrogens is 308 g/mol. The lowest BCUT2D eigenvalue weighted by Gasteiger charge is -2.56. The summed E-state index contributed by atoms with van der Waals surface area (Å²) in [4.78, 5) is 25.2. The van der Waals surface area contributed by atoms with Crippen LogP contribution in [-0.4, -0.2) is 11.6 Å². The summed E-state index contributed by atoms with van der Waals surface area (Å²) in [5.74, 6) is 3.53. The number of hydrogen-bond donors (Lipinski definition) is 0. The summed E-state index contributed by atoms with van der Waals surface area (Å²) < 4.78 is 0. The second-order valence-corrected chi connectivity index (χ2v) is 10.4. The lowest BCUT2D eigenvalue weighted by molar-refractivity contribution is -0.130. The van der Waals surface area contributed by atoms with Crippen molar-refractivity contribution >= 4 is 11.6 Å². The Bertz CT molecular complexity index is 788.